The summed E-state index contributed by atoms with van der Waals surface area (Å²) in [5, 5.41) is 2.11. The molecule has 0 aliphatic heterocycles. The highest BCUT2D eigenvalue weighted by Gasteiger charge is 2.29. The zero-order chi connectivity index (χ0) is 11.2. The minimum Gasteiger partial charge on any atom is -0.299 e. The van der Waals surface area contributed by atoms with E-state index in [0.717, 1.165) is 5.82 Å². The van der Waals surface area contributed by atoms with Crippen LogP contribution in [-0.4, -0.2) is 9.38 Å². The summed E-state index contributed by atoms with van der Waals surface area (Å²) in [6.45, 7) is 0. The van der Waals surface area contributed by atoms with Crippen molar-refractivity contribution in [2.24, 2.45) is 0 Å². The Balaban J connectivity index is 2.03. The normalized spacial score (nSPS) is 15.5. The van der Waals surface area contributed by atoms with E-state index in [1.54, 1.807) is 11.3 Å². The second kappa shape index (κ2) is 3.44. The lowest BCUT2D eigenvalue weighted by molar-refractivity contribution is 1.07. The maximum absolute atomic E-state index is 4.87. The van der Waals surface area contributed by atoms with Gasteiger partial charge in [0.25, 0.3) is 0 Å². The van der Waals surface area contributed by atoms with E-state index in [-0.39, 0.29) is 0 Å². The average Bonchev–Trinajstić information content (AvgIpc) is 2.93. The Bertz CT molecular complexity index is 663. The molecular formula is C14H12N2S. The monoisotopic (exact) mass is 240 g/mol. The van der Waals surface area contributed by atoms with Crippen LogP contribution in [-0.2, 0) is 0 Å². The fraction of sp³-hybridized carbons (Fsp3) is 0.214. The first kappa shape index (κ1) is 9.42. The smallest absolute Gasteiger partial charge is 0.154 e. The number of imidazole rings is 1. The van der Waals surface area contributed by atoms with Gasteiger partial charge in [0.15, 0.2) is 5.82 Å². The number of hydrogen-bond donors (Lipinski definition) is 0. The molecule has 0 radical (unpaired) electrons. The summed E-state index contributed by atoms with van der Waals surface area (Å²) in [6, 6.07) is 10.6. The third kappa shape index (κ3) is 1.42. The van der Waals surface area contributed by atoms with Gasteiger partial charge in [-0.1, -0.05) is 12.1 Å². The molecule has 0 amide bonds. The molecule has 3 aromatic heterocycles. The summed E-state index contributed by atoms with van der Waals surface area (Å²) in [4.78, 5) is 6.12. The standard InChI is InChI=1S/C14H12N2S/c1-2-8-16-11(4-1)13(10-6-7-10)15-14(16)12-5-3-9-17-12/h1-5,8-10H,6-7H2. The van der Waals surface area contributed by atoms with Gasteiger partial charge in [-0.05, 0) is 36.4 Å². The lowest BCUT2D eigenvalue weighted by Crippen LogP contribution is -1.85. The highest BCUT2D eigenvalue weighted by Crippen LogP contribution is 2.42. The van der Waals surface area contributed by atoms with Gasteiger partial charge in [0.1, 0.15) is 0 Å². The van der Waals surface area contributed by atoms with Gasteiger partial charge in [-0.25, -0.2) is 4.98 Å². The van der Waals surface area contributed by atoms with Crippen molar-refractivity contribution in [1.82, 2.24) is 9.38 Å². The van der Waals surface area contributed by atoms with Crippen molar-refractivity contribution in [3.63, 3.8) is 0 Å². The number of pyridine rings is 1. The molecule has 3 heteroatoms. The summed E-state index contributed by atoms with van der Waals surface area (Å²) in [5.74, 6) is 1.79. The summed E-state index contributed by atoms with van der Waals surface area (Å²) in [7, 11) is 0. The van der Waals surface area contributed by atoms with Crippen LogP contribution in [0.15, 0.2) is 41.9 Å². The fourth-order valence-corrected chi connectivity index (χ4v) is 3.01. The molecule has 3 heterocycles. The average molecular weight is 240 g/mol. The molecule has 0 unspecified atom stereocenters. The predicted molar refractivity (Wildman–Crippen MR) is 70.5 cm³/mol. The minimum absolute atomic E-state index is 0.695. The zero-order valence-electron chi connectivity index (χ0n) is 9.34. The molecule has 1 aliphatic rings. The quantitative estimate of drug-likeness (QED) is 0.663. The van der Waals surface area contributed by atoms with Crippen LogP contribution in [0.4, 0.5) is 0 Å². The molecule has 84 valence electrons. The van der Waals surface area contributed by atoms with Crippen LogP contribution < -0.4 is 0 Å². The summed E-state index contributed by atoms with van der Waals surface area (Å²) in [6.07, 6.45) is 4.71. The van der Waals surface area contributed by atoms with Gasteiger partial charge in [0.2, 0.25) is 0 Å². The Morgan fingerprint density at radius 3 is 2.88 bits per heavy atom. The van der Waals surface area contributed by atoms with E-state index in [1.165, 1.54) is 28.9 Å². The molecule has 0 spiro atoms. The number of rotatable bonds is 2. The van der Waals surface area contributed by atoms with Crippen molar-refractivity contribution in [3.8, 4) is 10.7 Å². The summed E-state index contributed by atoms with van der Waals surface area (Å²) in [5.41, 5.74) is 2.56. The second-order valence-electron chi connectivity index (χ2n) is 4.53. The Morgan fingerprint density at radius 1 is 1.18 bits per heavy atom. The molecule has 17 heavy (non-hydrogen) atoms. The van der Waals surface area contributed by atoms with E-state index < -0.39 is 0 Å². The van der Waals surface area contributed by atoms with Crippen LogP contribution in [0.5, 0.6) is 0 Å². The maximum Gasteiger partial charge on any atom is 0.154 e. The van der Waals surface area contributed by atoms with Crippen molar-refractivity contribution >= 4 is 16.9 Å². The molecule has 1 saturated carbocycles. The molecule has 0 atom stereocenters. The predicted octanol–water partition coefficient (Wildman–Crippen LogP) is 3.94. The van der Waals surface area contributed by atoms with Crippen LogP contribution in [0.25, 0.3) is 16.2 Å². The lowest BCUT2D eigenvalue weighted by atomic mass is 10.2. The molecule has 1 aliphatic carbocycles. The SMILES string of the molecule is c1csc(-c2nc(C3CC3)c3ccccn23)c1. The van der Waals surface area contributed by atoms with Crippen LogP contribution in [0.1, 0.15) is 24.5 Å². The molecule has 1 fully saturated rings. The van der Waals surface area contributed by atoms with Gasteiger partial charge >= 0.3 is 0 Å². The van der Waals surface area contributed by atoms with Crippen molar-refractivity contribution < 1.29 is 0 Å². The highest BCUT2D eigenvalue weighted by molar-refractivity contribution is 7.13. The van der Waals surface area contributed by atoms with Gasteiger partial charge in [0, 0.05) is 12.1 Å². The Hall–Kier alpha value is -1.61. The molecule has 0 aromatic carbocycles. The van der Waals surface area contributed by atoms with E-state index >= 15 is 0 Å². The van der Waals surface area contributed by atoms with Crippen LogP contribution in [0.3, 0.4) is 0 Å². The zero-order valence-corrected chi connectivity index (χ0v) is 10.2. The first-order chi connectivity index (χ1) is 8.43. The number of aromatic nitrogens is 2. The van der Waals surface area contributed by atoms with Gasteiger partial charge in [-0.2, -0.15) is 0 Å². The van der Waals surface area contributed by atoms with E-state index in [9.17, 15) is 0 Å². The van der Waals surface area contributed by atoms with Crippen LogP contribution in [0.2, 0.25) is 0 Å². The van der Waals surface area contributed by atoms with Crippen LogP contribution in [0, 0.1) is 0 Å². The maximum atomic E-state index is 4.87. The fourth-order valence-electron chi connectivity index (χ4n) is 2.30. The van der Waals surface area contributed by atoms with Gasteiger partial charge in [-0.3, -0.25) is 4.40 Å². The Morgan fingerprint density at radius 2 is 2.12 bits per heavy atom. The Labute approximate surface area is 104 Å². The molecule has 2 nitrogen and oxygen atoms in total. The Kier molecular flexibility index (Phi) is 1.91. The minimum atomic E-state index is 0.695. The topological polar surface area (TPSA) is 17.3 Å². The second-order valence-corrected chi connectivity index (χ2v) is 5.48. The highest BCUT2D eigenvalue weighted by atomic mass is 32.1. The molecule has 3 aromatic rings. The van der Waals surface area contributed by atoms with E-state index in [4.69, 9.17) is 4.98 Å². The van der Waals surface area contributed by atoms with Crippen molar-refractivity contribution in [1.29, 1.82) is 0 Å². The van der Waals surface area contributed by atoms with Crippen molar-refractivity contribution in [3.05, 3.63) is 47.6 Å². The van der Waals surface area contributed by atoms with Gasteiger partial charge in [-0.15, -0.1) is 11.3 Å². The summed E-state index contributed by atoms with van der Waals surface area (Å²) >= 11 is 1.75. The molecule has 0 saturated heterocycles. The summed E-state index contributed by atoms with van der Waals surface area (Å²) < 4.78 is 2.22. The molecular weight excluding hydrogens is 228 g/mol. The van der Waals surface area contributed by atoms with E-state index in [2.05, 4.69) is 46.3 Å². The number of hydrogen-bond acceptors (Lipinski definition) is 2. The molecule has 0 bridgehead atoms. The van der Waals surface area contributed by atoms with Gasteiger partial charge in [0.05, 0.1) is 16.1 Å². The first-order valence-electron chi connectivity index (χ1n) is 5.94. The van der Waals surface area contributed by atoms with Gasteiger partial charge < -0.3 is 0 Å². The molecule has 4 rings (SSSR count). The van der Waals surface area contributed by atoms with Crippen molar-refractivity contribution in [2.75, 3.05) is 0 Å². The molecule has 0 N–H and O–H groups in total. The number of fused-ring (bicyclic) bond motifs is 1. The number of nitrogens with zero attached hydrogens (tertiary/aromatic N) is 2. The van der Waals surface area contributed by atoms with Crippen LogP contribution >= 0.6 is 11.3 Å². The van der Waals surface area contributed by atoms with Crippen molar-refractivity contribution in [2.45, 2.75) is 18.8 Å². The third-order valence-corrected chi connectivity index (χ3v) is 4.15. The van der Waals surface area contributed by atoms with E-state index in [1.807, 2.05) is 0 Å². The van der Waals surface area contributed by atoms with E-state index in [0.29, 0.717) is 5.92 Å². The number of thiophene rings is 1. The third-order valence-electron chi connectivity index (χ3n) is 3.28. The lowest BCUT2D eigenvalue weighted by Gasteiger charge is -1.97. The largest absolute Gasteiger partial charge is 0.299 e. The first-order valence-corrected chi connectivity index (χ1v) is 6.82.